The molecule has 3 nitrogen and oxygen atoms in total. The first-order chi connectivity index (χ1) is 7.67. The van der Waals surface area contributed by atoms with Crippen molar-refractivity contribution in [2.75, 3.05) is 12.9 Å². The Kier molecular flexibility index (Phi) is 5.05. The number of carbonyl (C=O) groups excluding carboxylic acids is 1. The second-order valence-electron chi connectivity index (χ2n) is 3.22. The number of esters is 1. The van der Waals surface area contributed by atoms with Crippen molar-refractivity contribution in [1.82, 2.24) is 0 Å². The molecule has 0 aliphatic rings. The Morgan fingerprint density at radius 3 is 2.50 bits per heavy atom. The molecule has 16 heavy (non-hydrogen) atoms. The van der Waals surface area contributed by atoms with E-state index < -0.39 is 0 Å². The molecule has 0 saturated heterocycles. The number of thioether (sulfide) groups is 1. The third-order valence-electron chi connectivity index (χ3n) is 2.08. The first kappa shape index (κ1) is 12.8. The van der Waals surface area contributed by atoms with Crippen LogP contribution in [0.4, 0.5) is 0 Å². The average Bonchev–Trinajstić information content (AvgIpc) is 2.30. The van der Waals surface area contributed by atoms with E-state index >= 15 is 0 Å². The first-order valence-corrected chi connectivity index (χ1v) is 6.27. The minimum Gasteiger partial charge on any atom is -0.462 e. The molecule has 0 unspecified atom stereocenters. The van der Waals surface area contributed by atoms with E-state index in [0.717, 1.165) is 5.56 Å². The van der Waals surface area contributed by atoms with Crippen LogP contribution < -0.4 is 0 Å². The number of nitrogens with one attached hydrogen (secondary N) is 1. The van der Waals surface area contributed by atoms with Crippen molar-refractivity contribution in [1.29, 1.82) is 5.41 Å². The van der Waals surface area contributed by atoms with Gasteiger partial charge in [-0.05, 0) is 30.9 Å². The fourth-order valence-corrected chi connectivity index (χ4v) is 1.54. The van der Waals surface area contributed by atoms with Gasteiger partial charge in [-0.1, -0.05) is 12.1 Å². The maximum atomic E-state index is 11.4. The predicted molar refractivity (Wildman–Crippen MR) is 67.3 cm³/mol. The number of rotatable bonds is 4. The van der Waals surface area contributed by atoms with Crippen LogP contribution in [0, 0.1) is 5.41 Å². The normalized spacial score (nSPS) is 9.88. The molecule has 0 heterocycles. The average molecular weight is 237 g/mol. The van der Waals surface area contributed by atoms with Gasteiger partial charge in [0.05, 0.1) is 17.2 Å². The SMILES string of the molecule is CCOC(=O)c1ccc(CC(=N)SC)cc1. The Hall–Kier alpha value is -1.29. The van der Waals surface area contributed by atoms with Gasteiger partial charge < -0.3 is 4.74 Å². The summed E-state index contributed by atoms with van der Waals surface area (Å²) in [5.74, 6) is -0.297. The zero-order valence-electron chi connectivity index (χ0n) is 9.45. The van der Waals surface area contributed by atoms with E-state index in [-0.39, 0.29) is 5.97 Å². The number of carbonyl (C=O) groups is 1. The van der Waals surface area contributed by atoms with Crippen LogP contribution in [0.15, 0.2) is 24.3 Å². The van der Waals surface area contributed by atoms with Gasteiger partial charge in [-0.15, -0.1) is 11.8 Å². The fraction of sp³-hybridized carbons (Fsp3) is 0.333. The highest BCUT2D eigenvalue weighted by molar-refractivity contribution is 8.13. The summed E-state index contributed by atoms with van der Waals surface area (Å²) in [4.78, 5) is 11.4. The number of ether oxygens (including phenoxy) is 1. The summed E-state index contributed by atoms with van der Waals surface area (Å²) in [6, 6.07) is 7.19. The van der Waals surface area contributed by atoms with Crippen molar-refractivity contribution in [3.05, 3.63) is 35.4 Å². The van der Waals surface area contributed by atoms with Crippen LogP contribution in [0.2, 0.25) is 0 Å². The van der Waals surface area contributed by atoms with E-state index in [1.807, 2.05) is 18.4 Å². The van der Waals surface area contributed by atoms with Crippen molar-refractivity contribution >= 4 is 22.8 Å². The summed E-state index contributed by atoms with van der Waals surface area (Å²) in [7, 11) is 0. The molecule has 1 aromatic carbocycles. The molecule has 86 valence electrons. The maximum absolute atomic E-state index is 11.4. The van der Waals surface area contributed by atoms with Crippen LogP contribution in [0.5, 0.6) is 0 Å². The van der Waals surface area contributed by atoms with Crippen molar-refractivity contribution < 1.29 is 9.53 Å². The zero-order valence-corrected chi connectivity index (χ0v) is 10.3. The second-order valence-corrected chi connectivity index (χ2v) is 4.12. The first-order valence-electron chi connectivity index (χ1n) is 5.04. The van der Waals surface area contributed by atoms with Crippen LogP contribution in [0.25, 0.3) is 0 Å². The van der Waals surface area contributed by atoms with E-state index in [0.29, 0.717) is 23.6 Å². The molecule has 1 rings (SSSR count). The second kappa shape index (κ2) is 6.33. The van der Waals surface area contributed by atoms with Crippen LogP contribution in [0.1, 0.15) is 22.8 Å². The molecule has 0 amide bonds. The smallest absolute Gasteiger partial charge is 0.338 e. The van der Waals surface area contributed by atoms with Gasteiger partial charge in [-0.25, -0.2) is 4.79 Å². The minimum absolute atomic E-state index is 0.297. The molecule has 0 aliphatic carbocycles. The van der Waals surface area contributed by atoms with Gasteiger partial charge in [0, 0.05) is 6.42 Å². The summed E-state index contributed by atoms with van der Waals surface area (Å²) < 4.78 is 4.88. The largest absolute Gasteiger partial charge is 0.462 e. The molecule has 0 bridgehead atoms. The lowest BCUT2D eigenvalue weighted by molar-refractivity contribution is 0.0526. The molecule has 0 atom stereocenters. The molecule has 0 saturated carbocycles. The monoisotopic (exact) mass is 237 g/mol. The quantitative estimate of drug-likeness (QED) is 0.497. The molecule has 1 aromatic rings. The highest BCUT2D eigenvalue weighted by Crippen LogP contribution is 2.09. The van der Waals surface area contributed by atoms with E-state index in [1.54, 1.807) is 19.1 Å². The lowest BCUT2D eigenvalue weighted by Gasteiger charge is -2.04. The molecular formula is C12H15NO2S. The molecule has 1 N–H and O–H groups in total. The lowest BCUT2D eigenvalue weighted by atomic mass is 10.1. The molecule has 0 fully saturated rings. The van der Waals surface area contributed by atoms with Gasteiger partial charge >= 0.3 is 5.97 Å². The van der Waals surface area contributed by atoms with E-state index in [1.165, 1.54) is 11.8 Å². The van der Waals surface area contributed by atoms with Crippen molar-refractivity contribution in [3.63, 3.8) is 0 Å². The van der Waals surface area contributed by atoms with Gasteiger partial charge in [0.25, 0.3) is 0 Å². The summed E-state index contributed by atoms with van der Waals surface area (Å²) in [6.07, 6.45) is 2.50. The number of hydrogen-bond donors (Lipinski definition) is 1. The van der Waals surface area contributed by atoms with Crippen LogP contribution in [-0.4, -0.2) is 23.9 Å². The fourth-order valence-electron chi connectivity index (χ4n) is 1.23. The van der Waals surface area contributed by atoms with Crippen LogP contribution in [-0.2, 0) is 11.2 Å². The number of hydrogen-bond acceptors (Lipinski definition) is 4. The van der Waals surface area contributed by atoms with Gasteiger partial charge in [0.15, 0.2) is 0 Å². The van der Waals surface area contributed by atoms with Gasteiger partial charge in [0.1, 0.15) is 0 Å². The third-order valence-corrected chi connectivity index (χ3v) is 2.71. The van der Waals surface area contributed by atoms with Crippen molar-refractivity contribution in [3.8, 4) is 0 Å². The Balaban J connectivity index is 2.67. The summed E-state index contributed by atoms with van der Waals surface area (Å²) >= 11 is 1.43. The lowest BCUT2D eigenvalue weighted by Crippen LogP contribution is -2.04. The summed E-state index contributed by atoms with van der Waals surface area (Å²) in [5.41, 5.74) is 1.59. The van der Waals surface area contributed by atoms with E-state index in [9.17, 15) is 4.79 Å². The van der Waals surface area contributed by atoms with E-state index in [4.69, 9.17) is 10.1 Å². The Labute approximate surface area is 99.7 Å². The molecule has 4 heteroatoms. The van der Waals surface area contributed by atoms with Crippen molar-refractivity contribution in [2.45, 2.75) is 13.3 Å². The van der Waals surface area contributed by atoms with Crippen LogP contribution in [0.3, 0.4) is 0 Å². The zero-order chi connectivity index (χ0) is 12.0. The summed E-state index contributed by atoms with van der Waals surface area (Å²) in [6.45, 7) is 2.17. The minimum atomic E-state index is -0.297. The predicted octanol–water partition coefficient (Wildman–Crippen LogP) is 2.75. The molecule has 0 radical (unpaired) electrons. The highest BCUT2D eigenvalue weighted by atomic mass is 32.2. The van der Waals surface area contributed by atoms with Gasteiger partial charge in [0.2, 0.25) is 0 Å². The topological polar surface area (TPSA) is 50.2 Å². The Morgan fingerprint density at radius 2 is 2.00 bits per heavy atom. The van der Waals surface area contributed by atoms with Crippen LogP contribution >= 0.6 is 11.8 Å². The number of benzene rings is 1. The highest BCUT2D eigenvalue weighted by Gasteiger charge is 2.05. The molecule has 0 spiro atoms. The molecular weight excluding hydrogens is 222 g/mol. The maximum Gasteiger partial charge on any atom is 0.338 e. The third kappa shape index (κ3) is 3.70. The Morgan fingerprint density at radius 1 is 1.38 bits per heavy atom. The Bertz CT molecular complexity index is 373. The summed E-state index contributed by atoms with van der Waals surface area (Å²) in [5, 5.41) is 8.17. The molecule has 0 aromatic heterocycles. The van der Waals surface area contributed by atoms with Gasteiger partial charge in [-0.3, -0.25) is 5.41 Å². The standard InChI is InChI=1S/C12H15NO2S/c1-3-15-12(14)10-6-4-9(5-7-10)8-11(13)16-2/h4-7,13H,3,8H2,1-2H3. The van der Waals surface area contributed by atoms with Gasteiger partial charge in [-0.2, -0.15) is 0 Å². The van der Waals surface area contributed by atoms with Crippen molar-refractivity contribution in [2.24, 2.45) is 0 Å². The molecule has 0 aliphatic heterocycles. The van der Waals surface area contributed by atoms with E-state index in [2.05, 4.69) is 0 Å².